The Labute approximate surface area is 80.6 Å². The van der Waals surface area contributed by atoms with E-state index in [2.05, 4.69) is 6.58 Å². The molecular formula is C11H20O2. The van der Waals surface area contributed by atoms with Crippen molar-refractivity contribution in [3.8, 4) is 0 Å². The minimum Gasteiger partial charge on any atom is -0.390 e. The second kappa shape index (κ2) is 4.25. The molecule has 0 amide bonds. The number of ether oxygens (including phenoxy) is 1. The van der Waals surface area contributed by atoms with Gasteiger partial charge in [-0.3, -0.25) is 0 Å². The number of aliphatic hydroxyl groups is 1. The van der Waals surface area contributed by atoms with Gasteiger partial charge in [-0.15, -0.1) is 6.58 Å². The van der Waals surface area contributed by atoms with Crippen molar-refractivity contribution in [1.29, 1.82) is 0 Å². The number of allylic oxidation sites excluding steroid dienone is 1. The first-order valence-electron chi connectivity index (χ1n) is 4.98. The summed E-state index contributed by atoms with van der Waals surface area (Å²) in [4.78, 5) is 0. The van der Waals surface area contributed by atoms with Crippen LogP contribution in [0.2, 0.25) is 0 Å². The van der Waals surface area contributed by atoms with E-state index in [9.17, 15) is 5.11 Å². The molecule has 0 bridgehead atoms. The third kappa shape index (κ3) is 2.32. The van der Waals surface area contributed by atoms with Gasteiger partial charge in [0.1, 0.15) is 0 Å². The van der Waals surface area contributed by atoms with Gasteiger partial charge in [-0.1, -0.05) is 5.57 Å². The molecule has 76 valence electrons. The molecule has 13 heavy (non-hydrogen) atoms. The van der Waals surface area contributed by atoms with Crippen molar-refractivity contribution in [2.24, 2.45) is 0 Å². The summed E-state index contributed by atoms with van der Waals surface area (Å²) in [5.74, 6) is 0. The summed E-state index contributed by atoms with van der Waals surface area (Å²) in [7, 11) is 1.70. The Morgan fingerprint density at radius 2 is 2.23 bits per heavy atom. The van der Waals surface area contributed by atoms with Gasteiger partial charge in [0.25, 0.3) is 0 Å². The first-order chi connectivity index (χ1) is 6.10. The molecule has 0 aliphatic heterocycles. The van der Waals surface area contributed by atoms with Gasteiger partial charge in [-0.2, -0.15) is 0 Å². The minimum absolute atomic E-state index is 0.227. The molecule has 2 heteroatoms. The fourth-order valence-corrected chi connectivity index (χ4v) is 1.84. The number of hydrogen-bond donors (Lipinski definition) is 1. The quantitative estimate of drug-likeness (QED) is 0.664. The fourth-order valence-electron chi connectivity index (χ4n) is 1.84. The Bertz CT molecular complexity index is 177. The van der Waals surface area contributed by atoms with Crippen LogP contribution in [0.4, 0.5) is 0 Å². The number of rotatable bonds is 5. The molecular weight excluding hydrogens is 164 g/mol. The number of aliphatic hydroxyl groups excluding tert-OH is 1. The average molecular weight is 184 g/mol. The van der Waals surface area contributed by atoms with Gasteiger partial charge in [-0.05, 0) is 39.0 Å². The van der Waals surface area contributed by atoms with Crippen LogP contribution in [-0.2, 0) is 4.74 Å². The van der Waals surface area contributed by atoms with E-state index in [1.165, 1.54) is 6.42 Å². The normalized spacial score (nSPS) is 22.1. The first-order valence-corrected chi connectivity index (χ1v) is 4.98. The zero-order chi connectivity index (χ0) is 9.90. The summed E-state index contributed by atoms with van der Waals surface area (Å²) in [6.45, 7) is 5.82. The van der Waals surface area contributed by atoms with E-state index in [0.717, 1.165) is 31.3 Å². The number of hydrogen-bond acceptors (Lipinski definition) is 2. The van der Waals surface area contributed by atoms with Crippen LogP contribution in [-0.4, -0.2) is 23.9 Å². The lowest BCUT2D eigenvalue weighted by Crippen LogP contribution is -2.49. The van der Waals surface area contributed by atoms with Crippen LogP contribution in [0.25, 0.3) is 0 Å². The number of methoxy groups -OCH3 is 1. The monoisotopic (exact) mass is 184 g/mol. The SMILES string of the molecule is C=C(C)CCC(O)C1(OC)CCC1. The van der Waals surface area contributed by atoms with E-state index >= 15 is 0 Å². The van der Waals surface area contributed by atoms with E-state index in [-0.39, 0.29) is 11.7 Å². The van der Waals surface area contributed by atoms with Gasteiger partial charge in [0.05, 0.1) is 11.7 Å². The molecule has 0 spiro atoms. The predicted molar refractivity (Wildman–Crippen MR) is 53.6 cm³/mol. The van der Waals surface area contributed by atoms with Gasteiger partial charge < -0.3 is 9.84 Å². The van der Waals surface area contributed by atoms with Crippen LogP contribution in [0.5, 0.6) is 0 Å². The summed E-state index contributed by atoms with van der Waals surface area (Å²) < 4.78 is 5.39. The largest absolute Gasteiger partial charge is 0.390 e. The highest BCUT2D eigenvalue weighted by Crippen LogP contribution is 2.39. The average Bonchev–Trinajstić information content (AvgIpc) is 2.00. The molecule has 0 aromatic carbocycles. The molecule has 0 aromatic heterocycles. The van der Waals surface area contributed by atoms with E-state index in [4.69, 9.17) is 4.74 Å². The van der Waals surface area contributed by atoms with Crippen molar-refractivity contribution in [2.45, 2.75) is 50.7 Å². The smallest absolute Gasteiger partial charge is 0.0936 e. The molecule has 1 saturated carbocycles. The van der Waals surface area contributed by atoms with Crippen molar-refractivity contribution in [1.82, 2.24) is 0 Å². The standard InChI is InChI=1S/C11H20O2/c1-9(2)5-6-10(12)11(13-3)7-4-8-11/h10,12H,1,4-8H2,2-3H3. The maximum Gasteiger partial charge on any atom is 0.0936 e. The highest BCUT2D eigenvalue weighted by Gasteiger charge is 2.43. The molecule has 0 saturated heterocycles. The Morgan fingerprint density at radius 3 is 2.54 bits per heavy atom. The molecule has 1 fully saturated rings. The van der Waals surface area contributed by atoms with Crippen LogP contribution in [0, 0.1) is 0 Å². The summed E-state index contributed by atoms with van der Waals surface area (Å²) in [5, 5.41) is 9.90. The molecule has 1 aliphatic carbocycles. The van der Waals surface area contributed by atoms with Crippen LogP contribution in [0.3, 0.4) is 0 Å². The summed E-state index contributed by atoms with van der Waals surface area (Å²) in [6, 6.07) is 0. The van der Waals surface area contributed by atoms with E-state index in [0.29, 0.717) is 0 Å². The second-order valence-corrected chi connectivity index (χ2v) is 4.13. The lowest BCUT2D eigenvalue weighted by molar-refractivity contribution is -0.151. The highest BCUT2D eigenvalue weighted by molar-refractivity contribution is 4.98. The molecule has 1 N–H and O–H groups in total. The predicted octanol–water partition coefficient (Wildman–Crippen LogP) is 2.27. The third-order valence-corrected chi connectivity index (χ3v) is 3.06. The minimum atomic E-state index is -0.317. The van der Waals surface area contributed by atoms with Crippen molar-refractivity contribution < 1.29 is 9.84 Å². The summed E-state index contributed by atoms with van der Waals surface area (Å²) >= 11 is 0. The first kappa shape index (κ1) is 10.7. The van der Waals surface area contributed by atoms with Crippen molar-refractivity contribution in [3.05, 3.63) is 12.2 Å². The van der Waals surface area contributed by atoms with Crippen LogP contribution in [0.15, 0.2) is 12.2 Å². The van der Waals surface area contributed by atoms with Gasteiger partial charge in [0, 0.05) is 7.11 Å². The van der Waals surface area contributed by atoms with Crippen LogP contribution >= 0.6 is 0 Å². The lowest BCUT2D eigenvalue weighted by Gasteiger charge is -2.44. The zero-order valence-electron chi connectivity index (χ0n) is 8.68. The fraction of sp³-hybridized carbons (Fsp3) is 0.818. The van der Waals surface area contributed by atoms with E-state index in [1.54, 1.807) is 7.11 Å². The molecule has 1 rings (SSSR count). The van der Waals surface area contributed by atoms with E-state index < -0.39 is 0 Å². The molecule has 0 radical (unpaired) electrons. The Kier molecular flexibility index (Phi) is 3.51. The zero-order valence-corrected chi connectivity index (χ0v) is 8.68. The maximum atomic E-state index is 9.90. The molecule has 2 nitrogen and oxygen atoms in total. The van der Waals surface area contributed by atoms with Crippen molar-refractivity contribution in [3.63, 3.8) is 0 Å². The van der Waals surface area contributed by atoms with Gasteiger partial charge in [0.2, 0.25) is 0 Å². The van der Waals surface area contributed by atoms with Crippen molar-refractivity contribution >= 4 is 0 Å². The maximum absolute atomic E-state index is 9.90. The summed E-state index contributed by atoms with van der Waals surface area (Å²) in [6.07, 6.45) is 4.54. The molecule has 1 unspecified atom stereocenters. The van der Waals surface area contributed by atoms with Crippen LogP contribution < -0.4 is 0 Å². The Balaban J connectivity index is 2.36. The summed E-state index contributed by atoms with van der Waals surface area (Å²) in [5.41, 5.74) is 0.903. The van der Waals surface area contributed by atoms with Gasteiger partial charge in [-0.25, -0.2) is 0 Å². The molecule has 0 aromatic rings. The van der Waals surface area contributed by atoms with Gasteiger partial charge in [0.15, 0.2) is 0 Å². The highest BCUT2D eigenvalue weighted by atomic mass is 16.5. The van der Waals surface area contributed by atoms with Crippen LogP contribution in [0.1, 0.15) is 39.0 Å². The molecule has 1 atom stereocenters. The second-order valence-electron chi connectivity index (χ2n) is 4.13. The van der Waals surface area contributed by atoms with Crippen molar-refractivity contribution in [2.75, 3.05) is 7.11 Å². The lowest BCUT2D eigenvalue weighted by atomic mass is 9.74. The van der Waals surface area contributed by atoms with Gasteiger partial charge >= 0.3 is 0 Å². The molecule has 0 heterocycles. The third-order valence-electron chi connectivity index (χ3n) is 3.06. The Hall–Kier alpha value is -0.340. The Morgan fingerprint density at radius 1 is 1.62 bits per heavy atom. The topological polar surface area (TPSA) is 29.5 Å². The molecule has 1 aliphatic rings. The van der Waals surface area contributed by atoms with E-state index in [1.807, 2.05) is 6.92 Å².